The lowest BCUT2D eigenvalue weighted by Crippen LogP contribution is -2.50. The van der Waals surface area contributed by atoms with Crippen molar-refractivity contribution in [2.75, 3.05) is 13.7 Å². The Hall–Kier alpha value is -1.79. The Bertz CT molecular complexity index is 579. The average molecular weight is 370 g/mol. The van der Waals surface area contributed by atoms with Crippen LogP contribution in [0.4, 0.5) is 0 Å². The zero-order valence-corrected chi connectivity index (χ0v) is 15.8. The third-order valence-electron chi connectivity index (χ3n) is 4.71. The number of benzene rings is 1. The minimum Gasteiger partial charge on any atom is -0.497 e. The minimum atomic E-state index is -0.571. The zero-order valence-electron chi connectivity index (χ0n) is 15.0. The van der Waals surface area contributed by atoms with Crippen molar-refractivity contribution in [3.8, 4) is 5.75 Å². The van der Waals surface area contributed by atoms with Crippen molar-refractivity contribution in [1.29, 1.82) is 0 Å². The van der Waals surface area contributed by atoms with Crippen molar-refractivity contribution in [3.63, 3.8) is 0 Å². The van der Waals surface area contributed by atoms with Crippen LogP contribution in [0.15, 0.2) is 24.3 Å². The van der Waals surface area contributed by atoms with E-state index in [-0.39, 0.29) is 30.1 Å². The lowest BCUT2D eigenvalue weighted by Gasteiger charge is -2.21. The monoisotopic (exact) mass is 369 g/mol. The van der Waals surface area contributed by atoms with E-state index >= 15 is 0 Å². The molecule has 7 heteroatoms. The van der Waals surface area contributed by atoms with E-state index in [4.69, 9.17) is 10.5 Å². The van der Waals surface area contributed by atoms with Gasteiger partial charge in [0.05, 0.1) is 13.2 Å². The molecule has 1 heterocycles. The van der Waals surface area contributed by atoms with Crippen LogP contribution in [0.3, 0.4) is 0 Å². The SMILES string of the molecule is CCC(C)C(N)C(=O)NC1CCN(Cc2ccc(OC)cc2)C1=O.Cl. The summed E-state index contributed by atoms with van der Waals surface area (Å²) >= 11 is 0. The number of nitrogens with one attached hydrogen (secondary N) is 1. The summed E-state index contributed by atoms with van der Waals surface area (Å²) in [5, 5.41) is 2.80. The van der Waals surface area contributed by atoms with E-state index in [0.29, 0.717) is 19.5 Å². The van der Waals surface area contributed by atoms with Crippen molar-refractivity contribution < 1.29 is 14.3 Å². The molecule has 1 aliphatic heterocycles. The summed E-state index contributed by atoms with van der Waals surface area (Å²) in [4.78, 5) is 26.4. The van der Waals surface area contributed by atoms with Gasteiger partial charge in [0.1, 0.15) is 11.8 Å². The maximum Gasteiger partial charge on any atom is 0.245 e. The molecule has 0 aromatic heterocycles. The Balaban J connectivity index is 0.00000312. The third kappa shape index (κ3) is 5.34. The number of likely N-dealkylation sites (tertiary alicyclic amines) is 1. The van der Waals surface area contributed by atoms with Crippen molar-refractivity contribution in [2.24, 2.45) is 11.7 Å². The summed E-state index contributed by atoms with van der Waals surface area (Å²) in [7, 11) is 1.62. The largest absolute Gasteiger partial charge is 0.497 e. The predicted octanol–water partition coefficient (Wildman–Crippen LogP) is 1.71. The van der Waals surface area contributed by atoms with Crippen LogP contribution in [0.25, 0.3) is 0 Å². The van der Waals surface area contributed by atoms with Gasteiger partial charge < -0.3 is 20.7 Å². The first kappa shape index (κ1) is 21.3. The molecule has 25 heavy (non-hydrogen) atoms. The molecule has 1 saturated heterocycles. The van der Waals surface area contributed by atoms with Crippen molar-refractivity contribution in [3.05, 3.63) is 29.8 Å². The van der Waals surface area contributed by atoms with Crippen LogP contribution in [0.1, 0.15) is 32.3 Å². The molecule has 1 aromatic carbocycles. The Morgan fingerprint density at radius 3 is 2.60 bits per heavy atom. The summed E-state index contributed by atoms with van der Waals surface area (Å²) in [5.74, 6) is 0.595. The Kier molecular flexibility index (Phi) is 8.19. The Morgan fingerprint density at radius 2 is 2.04 bits per heavy atom. The van der Waals surface area contributed by atoms with Crippen LogP contribution in [-0.4, -0.2) is 42.5 Å². The fraction of sp³-hybridized carbons (Fsp3) is 0.556. The molecule has 3 unspecified atom stereocenters. The quantitative estimate of drug-likeness (QED) is 0.766. The molecular weight excluding hydrogens is 342 g/mol. The predicted molar refractivity (Wildman–Crippen MR) is 99.6 cm³/mol. The van der Waals surface area contributed by atoms with Gasteiger partial charge in [0.25, 0.3) is 0 Å². The van der Waals surface area contributed by atoms with Gasteiger partial charge in [-0.1, -0.05) is 32.4 Å². The van der Waals surface area contributed by atoms with Crippen molar-refractivity contribution in [1.82, 2.24) is 10.2 Å². The Labute approximate surface area is 155 Å². The third-order valence-corrected chi connectivity index (χ3v) is 4.71. The molecular formula is C18H28ClN3O3. The first-order valence-corrected chi connectivity index (χ1v) is 8.44. The number of nitrogens with two attached hydrogens (primary N) is 1. The number of nitrogens with zero attached hydrogens (tertiary/aromatic N) is 1. The topological polar surface area (TPSA) is 84.7 Å². The van der Waals surface area contributed by atoms with E-state index in [9.17, 15) is 9.59 Å². The van der Waals surface area contributed by atoms with E-state index in [1.807, 2.05) is 38.1 Å². The second-order valence-electron chi connectivity index (χ2n) is 6.37. The second-order valence-corrected chi connectivity index (χ2v) is 6.37. The van der Waals surface area contributed by atoms with Crippen LogP contribution >= 0.6 is 12.4 Å². The fourth-order valence-electron chi connectivity index (χ4n) is 2.76. The standard InChI is InChI=1S/C18H27N3O3.ClH/c1-4-12(2)16(19)17(22)20-15-9-10-21(18(15)23)11-13-5-7-14(24-3)8-6-13;/h5-8,12,15-16H,4,9-11,19H2,1-3H3,(H,20,22);1H. The number of halogens is 1. The average Bonchev–Trinajstić information content (AvgIpc) is 2.94. The summed E-state index contributed by atoms with van der Waals surface area (Å²) in [6.07, 6.45) is 1.45. The molecule has 3 N–H and O–H groups in total. The number of rotatable bonds is 7. The maximum absolute atomic E-state index is 12.5. The van der Waals surface area contributed by atoms with E-state index in [2.05, 4.69) is 5.32 Å². The molecule has 0 spiro atoms. The van der Waals surface area contributed by atoms with Crippen molar-refractivity contribution >= 4 is 24.2 Å². The number of hydrogen-bond acceptors (Lipinski definition) is 4. The van der Waals surface area contributed by atoms with Gasteiger partial charge in [-0.3, -0.25) is 9.59 Å². The molecule has 6 nitrogen and oxygen atoms in total. The van der Waals surface area contributed by atoms with Gasteiger partial charge in [0.15, 0.2) is 0 Å². The normalized spacial score (nSPS) is 19.1. The molecule has 1 fully saturated rings. The highest BCUT2D eigenvalue weighted by Crippen LogP contribution is 2.18. The molecule has 0 bridgehead atoms. The molecule has 0 radical (unpaired) electrons. The van der Waals surface area contributed by atoms with Gasteiger partial charge >= 0.3 is 0 Å². The highest BCUT2D eigenvalue weighted by Gasteiger charge is 2.34. The summed E-state index contributed by atoms with van der Waals surface area (Å²) in [6.45, 7) is 5.10. The lowest BCUT2D eigenvalue weighted by atomic mass is 9.99. The van der Waals surface area contributed by atoms with E-state index < -0.39 is 12.1 Å². The van der Waals surface area contributed by atoms with Gasteiger partial charge in [-0.15, -0.1) is 12.4 Å². The Morgan fingerprint density at radius 1 is 1.40 bits per heavy atom. The summed E-state index contributed by atoms with van der Waals surface area (Å²) in [5.41, 5.74) is 6.97. The molecule has 3 atom stereocenters. The second kappa shape index (κ2) is 9.63. The molecule has 2 rings (SSSR count). The van der Waals surface area contributed by atoms with Gasteiger partial charge in [0, 0.05) is 13.1 Å². The van der Waals surface area contributed by atoms with Gasteiger partial charge in [-0.25, -0.2) is 0 Å². The summed E-state index contributed by atoms with van der Waals surface area (Å²) < 4.78 is 5.13. The van der Waals surface area contributed by atoms with Gasteiger partial charge in [-0.05, 0) is 30.0 Å². The van der Waals surface area contributed by atoms with Gasteiger partial charge in [0.2, 0.25) is 11.8 Å². The maximum atomic E-state index is 12.5. The number of carbonyl (C=O) groups excluding carboxylic acids is 2. The molecule has 2 amide bonds. The number of carbonyl (C=O) groups is 2. The number of amides is 2. The number of methoxy groups -OCH3 is 1. The van der Waals surface area contributed by atoms with Crippen LogP contribution in [-0.2, 0) is 16.1 Å². The van der Waals surface area contributed by atoms with Crippen LogP contribution in [0.2, 0.25) is 0 Å². The fourth-order valence-corrected chi connectivity index (χ4v) is 2.76. The molecule has 0 aliphatic carbocycles. The van der Waals surface area contributed by atoms with Crippen LogP contribution < -0.4 is 15.8 Å². The molecule has 1 aliphatic rings. The number of hydrogen-bond donors (Lipinski definition) is 2. The molecule has 140 valence electrons. The zero-order chi connectivity index (χ0) is 17.7. The first-order chi connectivity index (χ1) is 11.5. The first-order valence-electron chi connectivity index (χ1n) is 8.44. The van der Waals surface area contributed by atoms with E-state index in [0.717, 1.165) is 17.7 Å². The highest BCUT2D eigenvalue weighted by atomic mass is 35.5. The van der Waals surface area contributed by atoms with E-state index in [1.165, 1.54) is 0 Å². The number of ether oxygens (including phenoxy) is 1. The van der Waals surface area contributed by atoms with Crippen LogP contribution in [0, 0.1) is 5.92 Å². The molecule has 1 aromatic rings. The van der Waals surface area contributed by atoms with Crippen molar-refractivity contribution in [2.45, 2.75) is 45.3 Å². The molecule has 0 saturated carbocycles. The minimum absolute atomic E-state index is 0. The van der Waals surface area contributed by atoms with Crippen LogP contribution in [0.5, 0.6) is 5.75 Å². The van der Waals surface area contributed by atoms with Gasteiger partial charge in [-0.2, -0.15) is 0 Å². The summed E-state index contributed by atoms with van der Waals surface area (Å²) in [6, 6.07) is 6.60. The smallest absolute Gasteiger partial charge is 0.245 e. The van der Waals surface area contributed by atoms with E-state index in [1.54, 1.807) is 12.0 Å². The highest BCUT2D eigenvalue weighted by molar-refractivity contribution is 5.91. The lowest BCUT2D eigenvalue weighted by molar-refractivity contribution is -0.133.